The van der Waals surface area contributed by atoms with Gasteiger partial charge >= 0.3 is 6.09 Å². The number of carbonyl (C=O) groups is 3. The summed E-state index contributed by atoms with van der Waals surface area (Å²) >= 11 is 1.22. The van der Waals surface area contributed by atoms with Crippen molar-refractivity contribution in [3.05, 3.63) is 35.0 Å². The summed E-state index contributed by atoms with van der Waals surface area (Å²) in [5.41, 5.74) is 0.682. The van der Waals surface area contributed by atoms with E-state index in [4.69, 9.17) is 4.74 Å². The molecule has 0 saturated heterocycles. The van der Waals surface area contributed by atoms with Crippen molar-refractivity contribution < 1.29 is 19.1 Å². The maximum absolute atomic E-state index is 13.1. The van der Waals surface area contributed by atoms with Crippen LogP contribution in [0.15, 0.2) is 24.5 Å². The van der Waals surface area contributed by atoms with Crippen molar-refractivity contribution in [2.45, 2.75) is 39.0 Å². The molecule has 1 aliphatic heterocycles. The number of nitrogens with zero attached hydrogens (tertiary/aromatic N) is 3. The van der Waals surface area contributed by atoms with Gasteiger partial charge in [0, 0.05) is 24.4 Å². The maximum atomic E-state index is 13.1. The molecule has 2 aromatic heterocycles. The molecule has 0 aromatic carbocycles. The zero-order valence-corrected chi connectivity index (χ0v) is 18.5. The molecule has 31 heavy (non-hydrogen) atoms. The van der Waals surface area contributed by atoms with E-state index in [0.717, 1.165) is 18.4 Å². The Morgan fingerprint density at radius 2 is 1.94 bits per heavy atom. The highest BCUT2D eigenvalue weighted by atomic mass is 32.1. The second kappa shape index (κ2) is 7.92. The van der Waals surface area contributed by atoms with Crippen molar-refractivity contribution in [2.24, 2.45) is 5.41 Å². The first-order valence-corrected chi connectivity index (χ1v) is 10.9. The van der Waals surface area contributed by atoms with Crippen LogP contribution in [0.5, 0.6) is 0 Å². The number of thiophene rings is 1. The lowest BCUT2D eigenvalue weighted by atomic mass is 9.91. The highest BCUT2D eigenvalue weighted by molar-refractivity contribution is 7.18. The normalized spacial score (nSPS) is 16.6. The van der Waals surface area contributed by atoms with Gasteiger partial charge in [-0.3, -0.25) is 20.2 Å². The molecule has 0 radical (unpaired) electrons. The minimum Gasteiger partial charge on any atom is -0.449 e. The van der Waals surface area contributed by atoms with Crippen LogP contribution in [-0.4, -0.2) is 52.5 Å². The van der Waals surface area contributed by atoms with Gasteiger partial charge in [-0.2, -0.15) is 0 Å². The van der Waals surface area contributed by atoms with Crippen molar-refractivity contribution in [3.63, 3.8) is 0 Å². The number of fused-ring (bicyclic) bond motifs is 2. The third-order valence-electron chi connectivity index (χ3n) is 5.14. The van der Waals surface area contributed by atoms with Crippen LogP contribution in [0.4, 0.5) is 15.7 Å². The van der Waals surface area contributed by atoms with Crippen molar-refractivity contribution in [1.82, 2.24) is 14.9 Å². The van der Waals surface area contributed by atoms with Crippen LogP contribution in [-0.2, 0) is 14.9 Å². The Morgan fingerprint density at radius 1 is 1.23 bits per heavy atom. The highest BCUT2D eigenvalue weighted by Crippen LogP contribution is 2.54. The average molecular weight is 444 g/mol. The predicted molar refractivity (Wildman–Crippen MR) is 116 cm³/mol. The van der Waals surface area contributed by atoms with Crippen LogP contribution in [0.3, 0.4) is 0 Å². The van der Waals surface area contributed by atoms with E-state index in [0.29, 0.717) is 23.0 Å². The number of aromatic nitrogens is 2. The second-order valence-electron chi connectivity index (χ2n) is 9.18. The molecular weight excluding hydrogens is 418 g/mol. The third kappa shape index (κ3) is 4.84. The van der Waals surface area contributed by atoms with Gasteiger partial charge in [0.15, 0.2) is 0 Å². The van der Waals surface area contributed by atoms with E-state index in [2.05, 4.69) is 20.6 Å². The van der Waals surface area contributed by atoms with E-state index < -0.39 is 6.09 Å². The topological polar surface area (TPSA) is 114 Å². The lowest BCUT2D eigenvalue weighted by molar-refractivity contribution is -0.117. The van der Waals surface area contributed by atoms with E-state index >= 15 is 0 Å². The number of hydrogen-bond donors (Lipinski definition) is 2. The minimum absolute atomic E-state index is 0.0768. The van der Waals surface area contributed by atoms with Gasteiger partial charge in [0.25, 0.3) is 5.91 Å². The summed E-state index contributed by atoms with van der Waals surface area (Å²) in [6.45, 7) is 6.64. The maximum Gasteiger partial charge on any atom is 0.412 e. The molecule has 1 aliphatic carbocycles. The first kappa shape index (κ1) is 21.2. The standard InChI is InChI=1S/C21H25N5O4S/c1-20(2,3)12-30-19(29)25-15-9-13-16(31-15)17(28)26(11-21(13)5-6-21)10-14(27)24-18-22-7-4-8-23-18/h4,7-9H,5-6,10-12H2,1-3H3,(H,25,29)(H,22,23,24,27). The molecule has 2 N–H and O–H groups in total. The van der Waals surface area contributed by atoms with Crippen molar-refractivity contribution in [3.8, 4) is 0 Å². The summed E-state index contributed by atoms with van der Waals surface area (Å²) < 4.78 is 5.26. The van der Waals surface area contributed by atoms with E-state index in [1.807, 2.05) is 26.8 Å². The van der Waals surface area contributed by atoms with Crippen molar-refractivity contribution in [1.29, 1.82) is 0 Å². The zero-order chi connectivity index (χ0) is 22.2. The minimum atomic E-state index is -0.537. The van der Waals surface area contributed by atoms with Gasteiger partial charge in [-0.25, -0.2) is 14.8 Å². The van der Waals surface area contributed by atoms with E-state index in [1.54, 1.807) is 11.0 Å². The zero-order valence-electron chi connectivity index (χ0n) is 17.7. The van der Waals surface area contributed by atoms with E-state index in [9.17, 15) is 14.4 Å². The number of amides is 3. The Balaban J connectivity index is 1.44. The molecule has 4 rings (SSSR count). The molecule has 164 valence electrons. The Hall–Kier alpha value is -3.01. The Morgan fingerprint density at radius 3 is 2.58 bits per heavy atom. The van der Waals surface area contributed by atoms with E-state index in [1.165, 1.54) is 23.7 Å². The van der Waals surface area contributed by atoms with Crippen LogP contribution < -0.4 is 10.6 Å². The smallest absolute Gasteiger partial charge is 0.412 e. The Kier molecular flexibility index (Phi) is 5.42. The van der Waals surface area contributed by atoms with Gasteiger partial charge in [-0.05, 0) is 36.0 Å². The summed E-state index contributed by atoms with van der Waals surface area (Å²) in [5.74, 6) is -0.354. The average Bonchev–Trinajstić information content (AvgIpc) is 3.34. The fourth-order valence-electron chi connectivity index (χ4n) is 3.50. The van der Waals surface area contributed by atoms with Gasteiger partial charge in [0.1, 0.15) is 6.54 Å². The van der Waals surface area contributed by atoms with Gasteiger partial charge in [0.2, 0.25) is 11.9 Å². The molecule has 1 spiro atoms. The summed E-state index contributed by atoms with van der Waals surface area (Å²) in [4.78, 5) is 47.7. The molecule has 3 amide bonds. The molecule has 0 unspecified atom stereocenters. The van der Waals surface area contributed by atoms with Crippen LogP contribution in [0.1, 0.15) is 48.8 Å². The quantitative estimate of drug-likeness (QED) is 0.733. The molecule has 10 heteroatoms. The summed E-state index contributed by atoms with van der Waals surface area (Å²) in [6, 6.07) is 3.53. The summed E-state index contributed by atoms with van der Waals surface area (Å²) in [5, 5.41) is 5.93. The largest absolute Gasteiger partial charge is 0.449 e. The molecule has 1 saturated carbocycles. The van der Waals surface area contributed by atoms with Crippen LogP contribution >= 0.6 is 11.3 Å². The van der Waals surface area contributed by atoms with Crippen LogP contribution in [0.25, 0.3) is 0 Å². The van der Waals surface area contributed by atoms with Gasteiger partial charge in [-0.15, -0.1) is 11.3 Å². The molecule has 9 nitrogen and oxygen atoms in total. The number of carbonyl (C=O) groups excluding carboxylic acids is 3. The van der Waals surface area contributed by atoms with Gasteiger partial charge in [-0.1, -0.05) is 20.8 Å². The Labute approximate surface area is 184 Å². The number of nitrogens with one attached hydrogen (secondary N) is 2. The van der Waals surface area contributed by atoms with Crippen molar-refractivity contribution in [2.75, 3.05) is 30.3 Å². The highest BCUT2D eigenvalue weighted by Gasteiger charge is 2.52. The van der Waals surface area contributed by atoms with Gasteiger partial charge in [0.05, 0.1) is 16.5 Å². The first-order valence-electron chi connectivity index (χ1n) is 10.1. The molecule has 1 fully saturated rings. The van der Waals surface area contributed by atoms with Crippen LogP contribution in [0, 0.1) is 5.41 Å². The summed E-state index contributed by atoms with van der Waals surface area (Å²) in [6.07, 6.45) is 4.42. The van der Waals surface area contributed by atoms with E-state index in [-0.39, 0.29) is 35.1 Å². The predicted octanol–water partition coefficient (Wildman–Crippen LogP) is 3.26. The summed E-state index contributed by atoms with van der Waals surface area (Å²) in [7, 11) is 0. The molecule has 2 aliphatic rings. The number of hydrogen-bond acceptors (Lipinski definition) is 7. The second-order valence-corrected chi connectivity index (χ2v) is 10.2. The van der Waals surface area contributed by atoms with Crippen LogP contribution in [0.2, 0.25) is 0 Å². The molecular formula is C21H25N5O4S. The monoisotopic (exact) mass is 443 g/mol. The Bertz CT molecular complexity index is 1010. The lowest BCUT2D eigenvalue weighted by Gasteiger charge is -2.32. The fraction of sp³-hybridized carbons (Fsp3) is 0.476. The number of anilines is 2. The molecule has 2 aromatic rings. The third-order valence-corrected chi connectivity index (χ3v) is 6.18. The SMILES string of the molecule is CC(C)(C)COC(=O)Nc1cc2c(s1)C(=O)N(CC(=O)Nc1ncccn1)CC21CC1. The lowest BCUT2D eigenvalue weighted by Crippen LogP contribution is -2.46. The van der Waals surface area contributed by atoms with Crippen molar-refractivity contribution >= 4 is 40.2 Å². The number of ether oxygens (including phenoxy) is 1. The number of rotatable bonds is 5. The molecule has 0 bridgehead atoms. The van der Waals surface area contributed by atoms with Gasteiger partial charge < -0.3 is 9.64 Å². The fourth-order valence-corrected chi connectivity index (χ4v) is 4.63. The first-order chi connectivity index (χ1) is 14.7. The molecule has 3 heterocycles. The molecule has 0 atom stereocenters.